The molecule has 1 saturated carbocycles. The van der Waals surface area contributed by atoms with E-state index in [1.807, 2.05) is 39.9 Å². The topological polar surface area (TPSA) is 75.9 Å². The van der Waals surface area contributed by atoms with Gasteiger partial charge in [-0.1, -0.05) is 31.0 Å². The van der Waals surface area contributed by atoms with Crippen LogP contribution in [0.4, 0.5) is 0 Å². The zero-order chi connectivity index (χ0) is 20.0. The summed E-state index contributed by atoms with van der Waals surface area (Å²) < 4.78 is 3.44. The molecule has 1 amide bonds. The van der Waals surface area contributed by atoms with E-state index >= 15 is 0 Å². The van der Waals surface area contributed by atoms with Crippen molar-refractivity contribution in [1.82, 2.24) is 24.2 Å². The Morgan fingerprint density at radius 2 is 1.83 bits per heavy atom. The van der Waals surface area contributed by atoms with Gasteiger partial charge in [0.05, 0.1) is 5.56 Å². The number of carbonyl (C=O) groups excluding carboxylic acids is 1. The molecule has 1 N–H and O–H groups in total. The first-order valence-corrected chi connectivity index (χ1v) is 10.6. The zero-order valence-corrected chi connectivity index (χ0v) is 16.8. The lowest BCUT2D eigenvalue weighted by Gasteiger charge is -2.32. The number of para-hydroxylation sites is 1. The fourth-order valence-electron chi connectivity index (χ4n) is 5.04. The van der Waals surface area contributed by atoms with E-state index in [0.717, 1.165) is 48.0 Å². The number of aromatic amines is 1. The van der Waals surface area contributed by atoms with E-state index in [9.17, 15) is 9.59 Å². The summed E-state index contributed by atoms with van der Waals surface area (Å²) >= 11 is 0. The average molecular weight is 393 g/mol. The summed E-state index contributed by atoms with van der Waals surface area (Å²) in [5, 5.41) is 5.57. The van der Waals surface area contributed by atoms with Crippen molar-refractivity contribution in [2.24, 2.45) is 7.05 Å². The number of aryl methyl sites for hydroxylation is 1. The average Bonchev–Trinajstić information content (AvgIpc) is 3.48. The fraction of sp³-hybridized carbons (Fsp3) is 0.500. The standard InChI is InChI=1S/C22H27N5O2/c1-25-22(29)27(16-6-2-3-7-16)20(24-25)15-10-12-26(13-11-15)21(28)18-14-23-19-9-5-4-8-17(18)19/h4-5,8-9,14-16,23H,2-3,6-7,10-13H2,1H3. The van der Waals surface area contributed by atoms with E-state index in [0.29, 0.717) is 13.1 Å². The second kappa shape index (κ2) is 7.21. The summed E-state index contributed by atoms with van der Waals surface area (Å²) in [6, 6.07) is 8.19. The summed E-state index contributed by atoms with van der Waals surface area (Å²) in [5.74, 6) is 1.23. The number of rotatable bonds is 3. The first kappa shape index (κ1) is 18.2. The van der Waals surface area contributed by atoms with Gasteiger partial charge >= 0.3 is 5.69 Å². The van der Waals surface area contributed by atoms with Gasteiger partial charge in [-0.3, -0.25) is 9.36 Å². The summed E-state index contributed by atoms with van der Waals surface area (Å²) in [4.78, 5) is 30.9. The number of H-pyrrole nitrogens is 1. The van der Waals surface area contributed by atoms with Crippen LogP contribution in [0.15, 0.2) is 35.3 Å². The first-order valence-electron chi connectivity index (χ1n) is 10.6. The van der Waals surface area contributed by atoms with E-state index in [1.54, 1.807) is 7.05 Å². The number of fused-ring (bicyclic) bond motifs is 1. The van der Waals surface area contributed by atoms with E-state index in [1.165, 1.54) is 17.5 Å². The zero-order valence-electron chi connectivity index (χ0n) is 16.8. The smallest absolute Gasteiger partial charge is 0.345 e. The van der Waals surface area contributed by atoms with Crippen LogP contribution in [0, 0.1) is 0 Å². The molecular formula is C22H27N5O2. The van der Waals surface area contributed by atoms with Crippen molar-refractivity contribution in [3.63, 3.8) is 0 Å². The minimum Gasteiger partial charge on any atom is -0.360 e. The van der Waals surface area contributed by atoms with Crippen molar-refractivity contribution in [3.05, 3.63) is 52.3 Å². The van der Waals surface area contributed by atoms with Crippen molar-refractivity contribution in [2.45, 2.75) is 50.5 Å². The van der Waals surface area contributed by atoms with Gasteiger partial charge in [0, 0.05) is 49.2 Å². The van der Waals surface area contributed by atoms with Gasteiger partial charge in [0.25, 0.3) is 5.91 Å². The van der Waals surface area contributed by atoms with Crippen molar-refractivity contribution in [3.8, 4) is 0 Å². The van der Waals surface area contributed by atoms with Crippen LogP contribution < -0.4 is 5.69 Å². The summed E-state index contributed by atoms with van der Waals surface area (Å²) in [7, 11) is 1.74. The molecule has 29 heavy (non-hydrogen) atoms. The molecule has 2 fully saturated rings. The third kappa shape index (κ3) is 3.09. The Morgan fingerprint density at radius 3 is 2.59 bits per heavy atom. The second-order valence-corrected chi connectivity index (χ2v) is 8.39. The predicted octanol–water partition coefficient (Wildman–Crippen LogP) is 3.20. The molecular weight excluding hydrogens is 366 g/mol. The lowest BCUT2D eigenvalue weighted by molar-refractivity contribution is 0.0711. The molecule has 1 aliphatic carbocycles. The Balaban J connectivity index is 1.34. The SMILES string of the molecule is Cn1nc(C2CCN(C(=O)c3c[nH]c4ccccc34)CC2)n(C2CCCC2)c1=O. The van der Waals surface area contributed by atoms with Gasteiger partial charge in [-0.2, -0.15) is 5.10 Å². The van der Waals surface area contributed by atoms with E-state index < -0.39 is 0 Å². The lowest BCUT2D eigenvalue weighted by Crippen LogP contribution is -2.38. The summed E-state index contributed by atoms with van der Waals surface area (Å²) in [6.07, 6.45) is 8.00. The van der Waals surface area contributed by atoms with E-state index in [4.69, 9.17) is 0 Å². The molecule has 2 aliphatic rings. The van der Waals surface area contributed by atoms with Crippen molar-refractivity contribution < 1.29 is 4.79 Å². The van der Waals surface area contributed by atoms with E-state index in [-0.39, 0.29) is 23.6 Å². The number of aromatic nitrogens is 4. The number of hydrogen-bond acceptors (Lipinski definition) is 3. The van der Waals surface area contributed by atoms with Crippen LogP contribution in [-0.4, -0.2) is 43.2 Å². The molecule has 152 valence electrons. The van der Waals surface area contributed by atoms with Crippen LogP contribution in [0.5, 0.6) is 0 Å². The maximum Gasteiger partial charge on any atom is 0.345 e. The molecule has 1 aromatic carbocycles. The number of carbonyl (C=O) groups is 1. The number of nitrogens with one attached hydrogen (secondary N) is 1. The Hall–Kier alpha value is -2.83. The largest absolute Gasteiger partial charge is 0.360 e. The molecule has 7 nitrogen and oxygen atoms in total. The maximum absolute atomic E-state index is 13.1. The van der Waals surface area contributed by atoms with Crippen LogP contribution in [0.3, 0.4) is 0 Å². The molecule has 3 aromatic rings. The third-order valence-corrected chi connectivity index (χ3v) is 6.64. The molecule has 7 heteroatoms. The minimum atomic E-state index is 0.00389. The van der Waals surface area contributed by atoms with E-state index in [2.05, 4.69) is 10.1 Å². The third-order valence-electron chi connectivity index (χ3n) is 6.64. The van der Waals surface area contributed by atoms with Crippen LogP contribution in [0.25, 0.3) is 10.9 Å². The molecule has 3 heterocycles. The highest BCUT2D eigenvalue weighted by Crippen LogP contribution is 2.34. The van der Waals surface area contributed by atoms with Gasteiger partial charge in [-0.05, 0) is 31.7 Å². The predicted molar refractivity (Wildman–Crippen MR) is 111 cm³/mol. The van der Waals surface area contributed by atoms with Gasteiger partial charge in [0.1, 0.15) is 5.82 Å². The highest BCUT2D eigenvalue weighted by Gasteiger charge is 2.32. The number of amides is 1. The number of likely N-dealkylation sites (tertiary alicyclic amines) is 1. The number of nitrogens with zero attached hydrogens (tertiary/aromatic N) is 4. The monoisotopic (exact) mass is 393 g/mol. The van der Waals surface area contributed by atoms with Crippen LogP contribution in [0.1, 0.15) is 66.7 Å². The number of benzene rings is 1. The molecule has 2 aromatic heterocycles. The normalized spacial score (nSPS) is 18.7. The molecule has 0 unspecified atom stereocenters. The Morgan fingerprint density at radius 1 is 1.10 bits per heavy atom. The first-order chi connectivity index (χ1) is 14.1. The fourth-order valence-corrected chi connectivity index (χ4v) is 5.04. The Bertz CT molecular complexity index is 1090. The summed E-state index contributed by atoms with van der Waals surface area (Å²) in [6.45, 7) is 1.39. The van der Waals surface area contributed by atoms with Gasteiger partial charge in [-0.15, -0.1) is 0 Å². The lowest BCUT2D eigenvalue weighted by atomic mass is 9.95. The maximum atomic E-state index is 13.1. The van der Waals surface area contributed by atoms with Gasteiger partial charge in [0.2, 0.25) is 0 Å². The molecule has 1 aliphatic heterocycles. The van der Waals surface area contributed by atoms with Gasteiger partial charge < -0.3 is 9.88 Å². The van der Waals surface area contributed by atoms with Crippen LogP contribution in [-0.2, 0) is 7.05 Å². The highest BCUT2D eigenvalue weighted by molar-refractivity contribution is 6.06. The quantitative estimate of drug-likeness (QED) is 0.742. The Labute approximate surface area is 169 Å². The van der Waals surface area contributed by atoms with Crippen molar-refractivity contribution >= 4 is 16.8 Å². The number of hydrogen-bond donors (Lipinski definition) is 1. The second-order valence-electron chi connectivity index (χ2n) is 8.39. The molecule has 0 bridgehead atoms. The van der Waals surface area contributed by atoms with Crippen molar-refractivity contribution in [1.29, 1.82) is 0 Å². The van der Waals surface area contributed by atoms with Crippen LogP contribution in [0.2, 0.25) is 0 Å². The van der Waals surface area contributed by atoms with Gasteiger partial charge in [-0.25, -0.2) is 9.48 Å². The molecule has 1 saturated heterocycles. The number of piperidine rings is 1. The van der Waals surface area contributed by atoms with Crippen molar-refractivity contribution in [2.75, 3.05) is 13.1 Å². The molecule has 0 spiro atoms. The van der Waals surface area contributed by atoms with Gasteiger partial charge in [0.15, 0.2) is 0 Å². The Kier molecular flexibility index (Phi) is 4.53. The summed E-state index contributed by atoms with van der Waals surface area (Å²) in [5.41, 5.74) is 1.73. The minimum absolute atomic E-state index is 0.00389. The molecule has 0 radical (unpaired) electrons. The van der Waals surface area contributed by atoms with Crippen LogP contribution >= 0.6 is 0 Å². The highest BCUT2D eigenvalue weighted by atomic mass is 16.2. The molecule has 0 atom stereocenters. The molecule has 5 rings (SSSR count).